The van der Waals surface area contributed by atoms with Gasteiger partial charge in [-0.3, -0.25) is 9.59 Å². The molecule has 132 valence electrons. The molecule has 2 rings (SSSR count). The summed E-state index contributed by atoms with van der Waals surface area (Å²) >= 11 is 1.54. The molecule has 0 aliphatic carbocycles. The molecule has 0 saturated heterocycles. The van der Waals surface area contributed by atoms with E-state index in [9.17, 15) is 14.7 Å². The number of hydrogen-bond donors (Lipinski definition) is 2. The average Bonchev–Trinajstić information content (AvgIpc) is 2.64. The highest BCUT2D eigenvalue weighted by atomic mass is 32.2. The van der Waals surface area contributed by atoms with E-state index in [-0.39, 0.29) is 11.2 Å². The number of thioether (sulfide) groups is 1. The lowest BCUT2D eigenvalue weighted by Gasteiger charge is -2.24. The van der Waals surface area contributed by atoms with Gasteiger partial charge in [-0.25, -0.2) is 0 Å². The summed E-state index contributed by atoms with van der Waals surface area (Å²) in [7, 11) is 0. The van der Waals surface area contributed by atoms with Crippen molar-refractivity contribution in [2.24, 2.45) is 5.92 Å². The molecule has 0 aliphatic heterocycles. The van der Waals surface area contributed by atoms with Crippen LogP contribution < -0.4 is 5.32 Å². The quantitative estimate of drug-likeness (QED) is 0.752. The lowest BCUT2D eigenvalue weighted by atomic mass is 9.94. The van der Waals surface area contributed by atoms with E-state index in [0.717, 1.165) is 16.9 Å². The SMILES string of the molecule is CC(SCc1ccccc1)C(=O)NC(c1ccccc1)C(C)C(=O)O. The minimum absolute atomic E-state index is 0.150. The highest BCUT2D eigenvalue weighted by molar-refractivity contribution is 7.99. The van der Waals surface area contributed by atoms with Crippen molar-refractivity contribution in [3.8, 4) is 0 Å². The van der Waals surface area contributed by atoms with Crippen molar-refractivity contribution in [1.82, 2.24) is 5.32 Å². The second-order valence-corrected chi connectivity index (χ2v) is 7.29. The normalized spacial score (nSPS) is 14.3. The molecule has 25 heavy (non-hydrogen) atoms. The lowest BCUT2D eigenvalue weighted by molar-refractivity contribution is -0.142. The number of carbonyl (C=O) groups excluding carboxylic acids is 1. The van der Waals surface area contributed by atoms with Crippen molar-refractivity contribution in [1.29, 1.82) is 0 Å². The molecule has 0 saturated carbocycles. The average molecular weight is 357 g/mol. The minimum Gasteiger partial charge on any atom is -0.481 e. The number of aliphatic carboxylic acids is 1. The highest BCUT2D eigenvalue weighted by Gasteiger charge is 2.28. The summed E-state index contributed by atoms with van der Waals surface area (Å²) in [5.41, 5.74) is 1.96. The largest absolute Gasteiger partial charge is 0.481 e. The Morgan fingerprint density at radius 2 is 1.56 bits per heavy atom. The van der Waals surface area contributed by atoms with Crippen LogP contribution in [0.3, 0.4) is 0 Å². The van der Waals surface area contributed by atoms with Gasteiger partial charge in [-0.2, -0.15) is 0 Å². The van der Waals surface area contributed by atoms with Gasteiger partial charge in [0.05, 0.1) is 17.2 Å². The molecule has 5 heteroatoms. The van der Waals surface area contributed by atoms with E-state index in [1.54, 1.807) is 6.92 Å². The third-order valence-electron chi connectivity index (χ3n) is 4.06. The molecule has 0 aromatic heterocycles. The maximum atomic E-state index is 12.6. The molecule has 0 radical (unpaired) electrons. The standard InChI is InChI=1S/C20H23NO3S/c1-14(20(23)24)18(17-11-7-4-8-12-17)21-19(22)15(2)25-13-16-9-5-3-6-10-16/h3-12,14-15,18H,13H2,1-2H3,(H,21,22)(H,23,24). The Hall–Kier alpha value is -2.27. The molecule has 3 atom stereocenters. The number of carbonyl (C=O) groups is 2. The van der Waals surface area contributed by atoms with Gasteiger partial charge in [0.2, 0.25) is 5.91 Å². The first kappa shape index (κ1) is 19.1. The fraction of sp³-hybridized carbons (Fsp3) is 0.300. The first-order valence-corrected chi connectivity index (χ1v) is 9.27. The summed E-state index contributed by atoms with van der Waals surface area (Å²) < 4.78 is 0. The Morgan fingerprint density at radius 1 is 1.00 bits per heavy atom. The van der Waals surface area contributed by atoms with Crippen LogP contribution in [0.5, 0.6) is 0 Å². The summed E-state index contributed by atoms with van der Waals surface area (Å²) in [6.45, 7) is 3.46. The lowest BCUT2D eigenvalue weighted by Crippen LogP contribution is -2.39. The van der Waals surface area contributed by atoms with E-state index in [1.165, 1.54) is 11.8 Å². The van der Waals surface area contributed by atoms with Crippen LogP contribution in [0.4, 0.5) is 0 Å². The number of rotatable bonds is 8. The third-order valence-corrected chi connectivity index (χ3v) is 5.27. The molecule has 0 bridgehead atoms. The minimum atomic E-state index is -0.932. The predicted molar refractivity (Wildman–Crippen MR) is 101 cm³/mol. The molecule has 0 fully saturated rings. The van der Waals surface area contributed by atoms with Crippen molar-refractivity contribution in [3.63, 3.8) is 0 Å². The zero-order chi connectivity index (χ0) is 18.2. The summed E-state index contributed by atoms with van der Waals surface area (Å²) in [6.07, 6.45) is 0. The van der Waals surface area contributed by atoms with E-state index < -0.39 is 17.9 Å². The van der Waals surface area contributed by atoms with Gasteiger partial charge in [0, 0.05) is 5.75 Å². The predicted octanol–water partition coefficient (Wildman–Crippen LogP) is 3.89. The molecule has 0 spiro atoms. The van der Waals surface area contributed by atoms with Crippen molar-refractivity contribution >= 4 is 23.6 Å². The summed E-state index contributed by atoms with van der Waals surface area (Å²) in [5.74, 6) is -1.06. The molecule has 4 nitrogen and oxygen atoms in total. The highest BCUT2D eigenvalue weighted by Crippen LogP contribution is 2.24. The van der Waals surface area contributed by atoms with Gasteiger partial charge in [0.25, 0.3) is 0 Å². The number of hydrogen-bond acceptors (Lipinski definition) is 3. The van der Waals surface area contributed by atoms with E-state index in [0.29, 0.717) is 0 Å². The van der Waals surface area contributed by atoms with E-state index >= 15 is 0 Å². The van der Waals surface area contributed by atoms with Crippen LogP contribution in [-0.4, -0.2) is 22.2 Å². The van der Waals surface area contributed by atoms with Crippen LogP contribution in [-0.2, 0) is 15.3 Å². The molecule has 0 aliphatic rings. The zero-order valence-electron chi connectivity index (χ0n) is 14.4. The van der Waals surface area contributed by atoms with Gasteiger partial charge < -0.3 is 10.4 Å². The number of carboxylic acid groups (broad SMARTS) is 1. The van der Waals surface area contributed by atoms with Gasteiger partial charge in [-0.15, -0.1) is 11.8 Å². The van der Waals surface area contributed by atoms with E-state index in [1.807, 2.05) is 67.6 Å². The number of amides is 1. The van der Waals surface area contributed by atoms with Crippen LogP contribution in [0.1, 0.15) is 31.0 Å². The Labute approximate surface area is 152 Å². The van der Waals surface area contributed by atoms with Crippen LogP contribution in [0.15, 0.2) is 60.7 Å². The molecule has 0 heterocycles. The molecular formula is C20H23NO3S. The zero-order valence-corrected chi connectivity index (χ0v) is 15.2. The molecule has 2 aromatic carbocycles. The Morgan fingerprint density at radius 3 is 2.12 bits per heavy atom. The van der Waals surface area contributed by atoms with Gasteiger partial charge in [0.1, 0.15) is 0 Å². The first-order chi connectivity index (χ1) is 12.0. The Kier molecular flexibility index (Phi) is 7.07. The van der Waals surface area contributed by atoms with Crippen LogP contribution >= 0.6 is 11.8 Å². The maximum absolute atomic E-state index is 12.6. The summed E-state index contributed by atoms with van der Waals surface area (Å²) in [4.78, 5) is 24.0. The van der Waals surface area contributed by atoms with Crippen molar-refractivity contribution in [3.05, 3.63) is 71.8 Å². The van der Waals surface area contributed by atoms with Crippen LogP contribution in [0.2, 0.25) is 0 Å². The molecule has 2 N–H and O–H groups in total. The van der Waals surface area contributed by atoms with Gasteiger partial charge in [-0.1, -0.05) is 60.7 Å². The monoisotopic (exact) mass is 357 g/mol. The van der Waals surface area contributed by atoms with Crippen molar-refractivity contribution < 1.29 is 14.7 Å². The van der Waals surface area contributed by atoms with E-state index in [2.05, 4.69) is 5.32 Å². The topological polar surface area (TPSA) is 66.4 Å². The Bertz CT molecular complexity index is 691. The van der Waals surface area contributed by atoms with Gasteiger partial charge in [-0.05, 0) is 25.0 Å². The van der Waals surface area contributed by atoms with E-state index in [4.69, 9.17) is 0 Å². The van der Waals surface area contributed by atoms with Gasteiger partial charge in [0.15, 0.2) is 0 Å². The van der Waals surface area contributed by atoms with Crippen LogP contribution in [0, 0.1) is 5.92 Å². The molecular weight excluding hydrogens is 334 g/mol. The maximum Gasteiger partial charge on any atom is 0.308 e. The number of carboxylic acids is 1. The van der Waals surface area contributed by atoms with Gasteiger partial charge >= 0.3 is 5.97 Å². The second-order valence-electron chi connectivity index (χ2n) is 5.96. The molecule has 3 unspecified atom stereocenters. The van der Waals surface area contributed by atoms with Crippen LogP contribution in [0.25, 0.3) is 0 Å². The smallest absolute Gasteiger partial charge is 0.308 e. The number of benzene rings is 2. The third kappa shape index (κ3) is 5.64. The summed E-state index contributed by atoms with van der Waals surface area (Å²) in [5, 5.41) is 12.0. The fourth-order valence-corrected chi connectivity index (χ4v) is 3.30. The van der Waals surface area contributed by atoms with Crippen molar-refractivity contribution in [2.45, 2.75) is 30.9 Å². The summed E-state index contributed by atoms with van der Waals surface area (Å²) in [6, 6.07) is 18.6. The molecule has 2 aromatic rings. The number of nitrogens with one attached hydrogen (secondary N) is 1. The molecule has 1 amide bonds. The Balaban J connectivity index is 2.02. The second kappa shape index (κ2) is 9.28. The van der Waals surface area contributed by atoms with Crippen molar-refractivity contribution in [2.75, 3.05) is 0 Å². The fourth-order valence-electron chi connectivity index (χ4n) is 2.44. The first-order valence-electron chi connectivity index (χ1n) is 8.22.